The fraction of sp³-hybridized carbons (Fsp3) is 0.400. The second kappa shape index (κ2) is 8.22. The highest BCUT2D eigenvalue weighted by molar-refractivity contribution is 6.33. The molecule has 20 heavy (non-hydrogen) atoms. The molecule has 5 heteroatoms. The van der Waals surface area contributed by atoms with Crippen LogP contribution in [0, 0.1) is 0 Å². The van der Waals surface area contributed by atoms with Crippen molar-refractivity contribution in [2.24, 2.45) is 0 Å². The maximum absolute atomic E-state index is 11.6. The summed E-state index contributed by atoms with van der Waals surface area (Å²) in [5, 5.41) is 0. The van der Waals surface area contributed by atoms with E-state index in [1.165, 1.54) is 14.0 Å². The molecule has 0 N–H and O–H groups in total. The third kappa shape index (κ3) is 5.75. The van der Waals surface area contributed by atoms with Crippen molar-refractivity contribution in [3.63, 3.8) is 0 Å². The predicted molar refractivity (Wildman–Crippen MR) is 72.0 cm³/mol. The van der Waals surface area contributed by atoms with Gasteiger partial charge in [0.25, 0.3) is 0 Å². The molecule has 0 aliphatic heterocycles. The standard InChI is InChI=1S/C15H18O5/c1-11(16)8-13(19-2)9-14(17)15(18)20-10-12-6-4-3-5-7-12/h3-7,13H,8-10H2,1-2H3. The van der Waals surface area contributed by atoms with E-state index in [2.05, 4.69) is 0 Å². The number of ketones is 2. The number of rotatable bonds is 8. The second-order valence-corrected chi connectivity index (χ2v) is 4.45. The van der Waals surface area contributed by atoms with Gasteiger partial charge >= 0.3 is 5.97 Å². The van der Waals surface area contributed by atoms with Crippen LogP contribution in [-0.2, 0) is 30.5 Å². The van der Waals surface area contributed by atoms with E-state index in [0.29, 0.717) is 0 Å². The van der Waals surface area contributed by atoms with Crippen LogP contribution >= 0.6 is 0 Å². The van der Waals surface area contributed by atoms with Crippen LogP contribution in [0.25, 0.3) is 0 Å². The van der Waals surface area contributed by atoms with Crippen molar-refractivity contribution in [3.05, 3.63) is 35.9 Å². The summed E-state index contributed by atoms with van der Waals surface area (Å²) in [6.07, 6.45) is -0.623. The lowest BCUT2D eigenvalue weighted by molar-refractivity contribution is -0.156. The molecule has 0 saturated carbocycles. The van der Waals surface area contributed by atoms with Crippen LogP contribution in [0.5, 0.6) is 0 Å². The third-order valence-corrected chi connectivity index (χ3v) is 2.70. The fourth-order valence-corrected chi connectivity index (χ4v) is 1.65. The molecule has 1 aromatic rings. The van der Waals surface area contributed by atoms with Crippen molar-refractivity contribution in [2.45, 2.75) is 32.5 Å². The van der Waals surface area contributed by atoms with Gasteiger partial charge in [-0.25, -0.2) is 4.79 Å². The van der Waals surface area contributed by atoms with Crippen LogP contribution < -0.4 is 0 Å². The van der Waals surface area contributed by atoms with Crippen molar-refractivity contribution < 1.29 is 23.9 Å². The highest BCUT2D eigenvalue weighted by Crippen LogP contribution is 2.07. The molecule has 0 bridgehead atoms. The van der Waals surface area contributed by atoms with Gasteiger partial charge in [0.1, 0.15) is 12.4 Å². The lowest BCUT2D eigenvalue weighted by atomic mass is 10.1. The number of carbonyl (C=O) groups excluding carboxylic acids is 3. The van der Waals surface area contributed by atoms with Crippen molar-refractivity contribution >= 4 is 17.5 Å². The van der Waals surface area contributed by atoms with Gasteiger partial charge in [0.05, 0.1) is 6.10 Å². The number of Topliss-reactive ketones (excluding diaryl/α,β-unsaturated/α-hetero) is 2. The van der Waals surface area contributed by atoms with Crippen molar-refractivity contribution in [1.29, 1.82) is 0 Å². The third-order valence-electron chi connectivity index (χ3n) is 2.70. The molecule has 0 fully saturated rings. The Morgan fingerprint density at radius 2 is 1.75 bits per heavy atom. The Balaban J connectivity index is 2.42. The van der Waals surface area contributed by atoms with Crippen LogP contribution in [0.4, 0.5) is 0 Å². The number of benzene rings is 1. The average molecular weight is 278 g/mol. The Hall–Kier alpha value is -2.01. The van der Waals surface area contributed by atoms with E-state index < -0.39 is 17.9 Å². The van der Waals surface area contributed by atoms with Crippen molar-refractivity contribution in [3.8, 4) is 0 Å². The van der Waals surface area contributed by atoms with Crippen LogP contribution in [0.15, 0.2) is 30.3 Å². The van der Waals surface area contributed by atoms with Gasteiger partial charge < -0.3 is 9.47 Å². The summed E-state index contributed by atoms with van der Waals surface area (Å²) in [6.45, 7) is 1.46. The first-order chi connectivity index (χ1) is 9.52. The zero-order chi connectivity index (χ0) is 15.0. The molecule has 0 spiro atoms. The number of ether oxygens (including phenoxy) is 2. The zero-order valence-electron chi connectivity index (χ0n) is 11.6. The summed E-state index contributed by atoms with van der Waals surface area (Å²) < 4.78 is 9.91. The van der Waals surface area contributed by atoms with Crippen LogP contribution in [-0.4, -0.2) is 30.7 Å². The molecule has 0 aliphatic carbocycles. The van der Waals surface area contributed by atoms with E-state index in [-0.39, 0.29) is 25.2 Å². The van der Waals surface area contributed by atoms with E-state index in [0.717, 1.165) is 5.56 Å². The highest BCUT2D eigenvalue weighted by atomic mass is 16.5. The van der Waals surface area contributed by atoms with Gasteiger partial charge in [-0.3, -0.25) is 9.59 Å². The lowest BCUT2D eigenvalue weighted by Gasteiger charge is -2.12. The summed E-state index contributed by atoms with van der Waals surface area (Å²) in [7, 11) is 1.40. The van der Waals surface area contributed by atoms with Gasteiger partial charge in [0.2, 0.25) is 5.78 Å². The maximum Gasteiger partial charge on any atom is 0.375 e. The largest absolute Gasteiger partial charge is 0.455 e. The molecule has 1 unspecified atom stereocenters. The first kappa shape index (κ1) is 16.0. The van der Waals surface area contributed by atoms with E-state index in [1.807, 2.05) is 18.2 Å². The van der Waals surface area contributed by atoms with Gasteiger partial charge in [0.15, 0.2) is 0 Å². The van der Waals surface area contributed by atoms with Crippen LogP contribution in [0.3, 0.4) is 0 Å². The molecule has 0 aliphatic rings. The minimum atomic E-state index is -0.903. The number of esters is 1. The molecule has 0 saturated heterocycles. The van der Waals surface area contributed by atoms with E-state index in [1.54, 1.807) is 12.1 Å². The Morgan fingerprint density at radius 3 is 2.30 bits per heavy atom. The van der Waals surface area contributed by atoms with Crippen LogP contribution in [0.1, 0.15) is 25.3 Å². The molecular formula is C15H18O5. The summed E-state index contributed by atoms with van der Waals surface area (Å²) in [5.74, 6) is -1.68. The SMILES string of the molecule is COC(CC(C)=O)CC(=O)C(=O)OCc1ccccc1. The number of hydrogen-bond acceptors (Lipinski definition) is 5. The van der Waals surface area contributed by atoms with Gasteiger partial charge in [0, 0.05) is 20.0 Å². The Labute approximate surface area is 117 Å². The molecule has 1 atom stereocenters. The van der Waals surface area contributed by atoms with Gasteiger partial charge in [-0.05, 0) is 12.5 Å². The first-order valence-electron chi connectivity index (χ1n) is 6.29. The predicted octanol–water partition coefficient (Wildman–Crippen LogP) is 1.68. The minimum absolute atomic E-state index is 0.0514. The number of carbonyl (C=O) groups is 3. The summed E-state index contributed by atoms with van der Waals surface area (Å²) in [4.78, 5) is 34.2. The van der Waals surface area contributed by atoms with E-state index in [9.17, 15) is 14.4 Å². The van der Waals surface area contributed by atoms with Crippen molar-refractivity contribution in [1.82, 2.24) is 0 Å². The van der Waals surface area contributed by atoms with Gasteiger partial charge in [-0.1, -0.05) is 30.3 Å². The Bertz CT molecular complexity index is 466. The zero-order valence-corrected chi connectivity index (χ0v) is 11.6. The molecule has 1 rings (SSSR count). The normalized spacial score (nSPS) is 11.7. The van der Waals surface area contributed by atoms with Crippen LogP contribution in [0.2, 0.25) is 0 Å². The summed E-state index contributed by atoms with van der Waals surface area (Å²) >= 11 is 0. The molecule has 0 heterocycles. The first-order valence-corrected chi connectivity index (χ1v) is 6.29. The average Bonchev–Trinajstić information content (AvgIpc) is 2.44. The smallest absolute Gasteiger partial charge is 0.375 e. The maximum atomic E-state index is 11.6. The highest BCUT2D eigenvalue weighted by Gasteiger charge is 2.22. The fourth-order valence-electron chi connectivity index (χ4n) is 1.65. The van der Waals surface area contributed by atoms with E-state index in [4.69, 9.17) is 9.47 Å². The topological polar surface area (TPSA) is 69.7 Å². The van der Waals surface area contributed by atoms with E-state index >= 15 is 0 Å². The van der Waals surface area contributed by atoms with Gasteiger partial charge in [-0.15, -0.1) is 0 Å². The minimum Gasteiger partial charge on any atom is -0.455 e. The van der Waals surface area contributed by atoms with Crippen molar-refractivity contribution in [2.75, 3.05) is 7.11 Å². The van der Waals surface area contributed by atoms with Gasteiger partial charge in [-0.2, -0.15) is 0 Å². The summed E-state index contributed by atoms with van der Waals surface area (Å²) in [6, 6.07) is 9.08. The molecule has 108 valence electrons. The lowest BCUT2D eigenvalue weighted by Crippen LogP contribution is -2.25. The molecular weight excluding hydrogens is 260 g/mol. The molecule has 0 radical (unpaired) electrons. The molecule has 0 aromatic heterocycles. The Kier molecular flexibility index (Phi) is 6.59. The second-order valence-electron chi connectivity index (χ2n) is 4.45. The summed E-state index contributed by atoms with van der Waals surface area (Å²) in [5.41, 5.74) is 0.806. The quantitative estimate of drug-likeness (QED) is 0.534. The Morgan fingerprint density at radius 1 is 1.10 bits per heavy atom. The molecule has 0 amide bonds. The monoisotopic (exact) mass is 278 g/mol. The molecule has 1 aromatic carbocycles. The number of hydrogen-bond donors (Lipinski definition) is 0. The number of methoxy groups -OCH3 is 1. The molecule has 5 nitrogen and oxygen atoms in total.